The summed E-state index contributed by atoms with van der Waals surface area (Å²) >= 11 is 0. The normalized spacial score (nSPS) is 40.3. The number of nitrogens with zero attached hydrogens (tertiary/aromatic N) is 1. The lowest BCUT2D eigenvalue weighted by Gasteiger charge is -2.71. The molecular weight excluding hydrogens is 530 g/mol. The van der Waals surface area contributed by atoms with Crippen molar-refractivity contribution in [2.45, 2.75) is 78.1 Å². The first kappa shape index (κ1) is 30.8. The number of primary amides is 1. The highest BCUT2D eigenvalue weighted by Crippen LogP contribution is 2.71. The molecule has 3 aliphatic rings. The maximum Gasteiger partial charge on any atom is 0.230 e. The SMILES string of the molecule is CCC(=O)C[C@@H]1[C@@]2(C)[C@H](C)c3ccc(N=CN)c(O)c3C(=O)[C@@H]2C(O)[C@@]2(O)C(=O)[C@H](C(N)=O)C(O)[C@H](C(C)C)[C@@]12C. The van der Waals surface area contributed by atoms with Gasteiger partial charge in [-0.15, -0.1) is 0 Å². The Hall–Kier alpha value is -3.15. The van der Waals surface area contributed by atoms with E-state index in [0.717, 1.165) is 6.34 Å². The Labute approximate surface area is 239 Å². The molecule has 1 amide bonds. The number of aliphatic imine (C=N–C) groups is 1. The Kier molecular flexibility index (Phi) is 7.51. The van der Waals surface area contributed by atoms with Gasteiger partial charge in [-0.25, -0.2) is 4.99 Å². The molecule has 3 aliphatic carbocycles. The molecule has 10 atom stereocenters. The number of Topliss-reactive ketones (excluding diaryl/α,β-unsaturated/α-hetero) is 3. The van der Waals surface area contributed by atoms with Crippen LogP contribution in [0.15, 0.2) is 17.1 Å². The summed E-state index contributed by atoms with van der Waals surface area (Å²) in [6.07, 6.45) is -2.72. The number of hydrogen-bond donors (Lipinski definition) is 6. The third-order valence-corrected chi connectivity index (χ3v) is 11.0. The minimum Gasteiger partial charge on any atom is -0.505 e. The zero-order chi connectivity index (χ0) is 31.0. The fraction of sp³-hybridized carbons (Fsp3) is 0.633. The van der Waals surface area contributed by atoms with Crippen molar-refractivity contribution in [1.82, 2.24) is 0 Å². The van der Waals surface area contributed by atoms with Crippen LogP contribution in [0.5, 0.6) is 5.75 Å². The van der Waals surface area contributed by atoms with E-state index in [1.165, 1.54) is 6.07 Å². The first-order valence-corrected chi connectivity index (χ1v) is 14.1. The van der Waals surface area contributed by atoms with Crippen molar-refractivity contribution in [3.05, 3.63) is 23.3 Å². The summed E-state index contributed by atoms with van der Waals surface area (Å²) in [5.41, 5.74) is 5.68. The largest absolute Gasteiger partial charge is 0.505 e. The third kappa shape index (κ3) is 3.71. The lowest BCUT2D eigenvalue weighted by molar-refractivity contribution is -0.292. The highest BCUT2D eigenvalue weighted by molar-refractivity contribution is 6.10. The summed E-state index contributed by atoms with van der Waals surface area (Å²) in [5, 5.41) is 47.2. The molecule has 0 bridgehead atoms. The van der Waals surface area contributed by atoms with Crippen molar-refractivity contribution in [3.8, 4) is 5.75 Å². The molecule has 0 spiro atoms. The number of carbonyl (C=O) groups excluding carboxylic acids is 4. The fourth-order valence-electron chi connectivity index (χ4n) is 8.96. The first-order valence-electron chi connectivity index (χ1n) is 14.1. The smallest absolute Gasteiger partial charge is 0.230 e. The van der Waals surface area contributed by atoms with Gasteiger partial charge in [-0.2, -0.15) is 0 Å². The minimum absolute atomic E-state index is 0.0208. The maximum atomic E-state index is 14.4. The number of ketones is 3. The van der Waals surface area contributed by atoms with Crippen LogP contribution in [0.1, 0.15) is 76.2 Å². The molecule has 0 aliphatic heterocycles. The Balaban J connectivity index is 2.13. The molecule has 4 rings (SSSR count). The molecule has 11 heteroatoms. The van der Waals surface area contributed by atoms with Gasteiger partial charge in [0.25, 0.3) is 0 Å². The van der Waals surface area contributed by atoms with E-state index in [2.05, 4.69) is 4.99 Å². The number of aromatic hydroxyl groups is 1. The molecule has 0 heterocycles. The lowest BCUT2D eigenvalue weighted by atomic mass is 9.33. The van der Waals surface area contributed by atoms with E-state index in [1.807, 2.05) is 6.92 Å². The summed E-state index contributed by atoms with van der Waals surface area (Å²) < 4.78 is 0. The second-order valence-electron chi connectivity index (χ2n) is 12.8. The van der Waals surface area contributed by atoms with Crippen LogP contribution in [0.2, 0.25) is 0 Å². The van der Waals surface area contributed by atoms with Gasteiger partial charge < -0.3 is 31.9 Å². The number of carbonyl (C=O) groups is 4. The van der Waals surface area contributed by atoms with Gasteiger partial charge in [-0.05, 0) is 40.7 Å². The molecule has 2 saturated carbocycles. The zero-order valence-electron chi connectivity index (χ0n) is 24.3. The average Bonchev–Trinajstić information content (AvgIpc) is 2.88. The van der Waals surface area contributed by atoms with Gasteiger partial charge in [0.1, 0.15) is 23.5 Å². The highest BCUT2D eigenvalue weighted by Gasteiger charge is 2.80. The van der Waals surface area contributed by atoms with Gasteiger partial charge in [0.15, 0.2) is 22.9 Å². The van der Waals surface area contributed by atoms with Crippen molar-refractivity contribution in [2.75, 3.05) is 0 Å². The molecule has 1 aromatic rings. The summed E-state index contributed by atoms with van der Waals surface area (Å²) in [4.78, 5) is 58.1. The number of aliphatic hydroxyl groups is 3. The van der Waals surface area contributed by atoms with Crippen LogP contribution >= 0.6 is 0 Å². The number of phenolic OH excluding ortho intramolecular Hbond substituents is 1. The second-order valence-corrected chi connectivity index (χ2v) is 12.8. The number of aliphatic hydroxyl groups excluding tert-OH is 2. The van der Waals surface area contributed by atoms with Gasteiger partial charge in [-0.1, -0.05) is 47.6 Å². The zero-order valence-corrected chi connectivity index (χ0v) is 24.3. The molecule has 0 saturated heterocycles. The van der Waals surface area contributed by atoms with E-state index in [9.17, 15) is 39.6 Å². The van der Waals surface area contributed by atoms with Crippen LogP contribution in [-0.2, 0) is 14.4 Å². The van der Waals surface area contributed by atoms with Gasteiger partial charge >= 0.3 is 0 Å². The molecule has 0 aromatic heterocycles. The number of phenols is 1. The van der Waals surface area contributed by atoms with E-state index < -0.39 is 87.4 Å². The predicted octanol–water partition coefficient (Wildman–Crippen LogP) is 1.35. The van der Waals surface area contributed by atoms with Crippen molar-refractivity contribution in [1.29, 1.82) is 0 Å². The van der Waals surface area contributed by atoms with Gasteiger partial charge in [-0.3, -0.25) is 19.2 Å². The molecule has 0 radical (unpaired) electrons. The quantitative estimate of drug-likeness (QED) is 0.165. The number of amides is 1. The lowest BCUT2D eigenvalue weighted by Crippen LogP contribution is -2.82. The monoisotopic (exact) mass is 571 g/mol. The molecule has 2 fully saturated rings. The number of benzene rings is 1. The van der Waals surface area contributed by atoms with E-state index in [-0.39, 0.29) is 29.9 Å². The summed E-state index contributed by atoms with van der Waals surface area (Å²) in [6, 6.07) is 3.15. The van der Waals surface area contributed by atoms with Gasteiger partial charge in [0.2, 0.25) is 5.91 Å². The fourth-order valence-corrected chi connectivity index (χ4v) is 8.96. The van der Waals surface area contributed by atoms with E-state index in [0.29, 0.717) is 5.56 Å². The number of nitrogens with two attached hydrogens (primary N) is 2. The average molecular weight is 572 g/mol. The second kappa shape index (κ2) is 9.99. The van der Waals surface area contributed by atoms with Crippen molar-refractivity contribution in [3.63, 3.8) is 0 Å². The number of rotatable bonds is 6. The Bertz CT molecular complexity index is 1340. The van der Waals surface area contributed by atoms with Crippen molar-refractivity contribution >= 4 is 35.3 Å². The number of hydrogen-bond acceptors (Lipinski definition) is 9. The summed E-state index contributed by atoms with van der Waals surface area (Å²) in [6.45, 7) is 10.3. The Morgan fingerprint density at radius 2 is 1.78 bits per heavy atom. The predicted molar refractivity (Wildman–Crippen MR) is 149 cm³/mol. The van der Waals surface area contributed by atoms with E-state index in [1.54, 1.807) is 40.7 Å². The van der Waals surface area contributed by atoms with Crippen LogP contribution in [0.25, 0.3) is 0 Å². The molecular formula is C30H41N3O8. The van der Waals surface area contributed by atoms with Gasteiger partial charge in [0, 0.05) is 18.3 Å². The summed E-state index contributed by atoms with van der Waals surface area (Å²) in [7, 11) is 0. The molecule has 1 aromatic carbocycles. The highest BCUT2D eigenvalue weighted by atomic mass is 16.4. The molecule has 2 unspecified atom stereocenters. The van der Waals surface area contributed by atoms with Crippen LogP contribution in [-0.4, -0.2) is 67.8 Å². The summed E-state index contributed by atoms with van der Waals surface area (Å²) in [5.74, 6) is -9.97. The standard InChI is InChI=1S/C30H41N3O8/c1-7-14(34)10-17-28(5)13(4)15-8-9-16(33-11-31)22(35)18(15)23(36)21(28)26(39)30(41)25(38)19(27(32)40)24(37)20(12(2)3)29(17,30)6/h8-9,11-13,17,19-21,24,26,35,37,39,41H,7,10H2,1-6H3,(H2,31,33)(H2,32,40)/t13-,17-,19-,20+,21-,24?,26?,28-,29-,30+/m1/s1. The van der Waals surface area contributed by atoms with Crippen LogP contribution in [0.4, 0.5) is 5.69 Å². The molecule has 41 heavy (non-hydrogen) atoms. The molecule has 8 N–H and O–H groups in total. The van der Waals surface area contributed by atoms with E-state index in [4.69, 9.17) is 11.5 Å². The van der Waals surface area contributed by atoms with Crippen molar-refractivity contribution in [2.24, 2.45) is 56.9 Å². The molecule has 11 nitrogen and oxygen atoms in total. The van der Waals surface area contributed by atoms with E-state index >= 15 is 0 Å². The van der Waals surface area contributed by atoms with Crippen LogP contribution in [0.3, 0.4) is 0 Å². The topological polar surface area (TPSA) is 214 Å². The molecule has 224 valence electrons. The Morgan fingerprint density at radius 3 is 2.29 bits per heavy atom. The van der Waals surface area contributed by atoms with Gasteiger partial charge in [0.05, 0.1) is 23.9 Å². The van der Waals surface area contributed by atoms with Crippen LogP contribution < -0.4 is 11.5 Å². The number of fused-ring (bicyclic) bond motifs is 3. The minimum atomic E-state index is -2.74. The Morgan fingerprint density at radius 1 is 1.17 bits per heavy atom. The first-order chi connectivity index (χ1) is 19.0. The maximum absolute atomic E-state index is 14.4. The van der Waals surface area contributed by atoms with Crippen LogP contribution in [0, 0.1) is 40.4 Å². The van der Waals surface area contributed by atoms with Crippen molar-refractivity contribution < 1.29 is 39.6 Å². The third-order valence-electron chi connectivity index (χ3n) is 11.0.